The third kappa shape index (κ3) is 2.91. The predicted octanol–water partition coefficient (Wildman–Crippen LogP) is 0.638. The number of H-pyrrole nitrogens is 1. The van der Waals surface area contributed by atoms with Gasteiger partial charge >= 0.3 is 0 Å². The molecule has 2 heterocycles. The van der Waals surface area contributed by atoms with E-state index in [4.69, 9.17) is 0 Å². The van der Waals surface area contributed by atoms with E-state index in [2.05, 4.69) is 4.98 Å². The lowest BCUT2D eigenvalue weighted by Gasteiger charge is -2.34. The van der Waals surface area contributed by atoms with Crippen LogP contribution in [0, 0.1) is 0 Å². The highest BCUT2D eigenvalue weighted by atomic mass is 16.2. The quantitative estimate of drug-likeness (QED) is 0.854. The van der Waals surface area contributed by atoms with Crippen molar-refractivity contribution in [2.45, 2.75) is 19.8 Å². The molecule has 0 radical (unpaired) electrons. The van der Waals surface area contributed by atoms with Gasteiger partial charge in [-0.15, -0.1) is 0 Å². The summed E-state index contributed by atoms with van der Waals surface area (Å²) in [5.41, 5.74) is 0.937. The second kappa shape index (κ2) is 5.71. The molecule has 5 nitrogen and oxygen atoms in total. The van der Waals surface area contributed by atoms with Gasteiger partial charge in [-0.2, -0.15) is 0 Å². The highest BCUT2D eigenvalue weighted by Crippen LogP contribution is 2.06. The Kier molecular flexibility index (Phi) is 4.02. The number of carbonyl (C=O) groups excluding carboxylic acids is 2. The summed E-state index contributed by atoms with van der Waals surface area (Å²) in [6, 6.07) is 3.80. The van der Waals surface area contributed by atoms with Gasteiger partial charge < -0.3 is 14.8 Å². The maximum Gasteiger partial charge on any atom is 0.228 e. The van der Waals surface area contributed by atoms with E-state index in [1.54, 1.807) is 0 Å². The average molecular weight is 249 g/mol. The summed E-state index contributed by atoms with van der Waals surface area (Å²) < 4.78 is 0. The maximum atomic E-state index is 12.0. The fourth-order valence-electron chi connectivity index (χ4n) is 2.18. The van der Waals surface area contributed by atoms with Crippen molar-refractivity contribution in [3.05, 3.63) is 24.0 Å². The predicted molar refractivity (Wildman–Crippen MR) is 67.9 cm³/mol. The van der Waals surface area contributed by atoms with Crippen LogP contribution in [-0.4, -0.2) is 52.8 Å². The van der Waals surface area contributed by atoms with Crippen molar-refractivity contribution < 1.29 is 9.59 Å². The molecule has 2 rings (SSSR count). The zero-order valence-electron chi connectivity index (χ0n) is 10.7. The lowest BCUT2D eigenvalue weighted by Crippen LogP contribution is -2.50. The molecule has 0 aromatic carbocycles. The minimum absolute atomic E-state index is 0.126. The summed E-state index contributed by atoms with van der Waals surface area (Å²) in [6.07, 6.45) is 2.77. The molecule has 18 heavy (non-hydrogen) atoms. The number of hydrogen-bond donors (Lipinski definition) is 1. The summed E-state index contributed by atoms with van der Waals surface area (Å²) in [4.78, 5) is 30.2. The zero-order valence-corrected chi connectivity index (χ0v) is 10.7. The number of amides is 2. The molecule has 1 aromatic heterocycles. The number of aromatic amines is 1. The minimum Gasteiger partial charge on any atom is -0.365 e. The molecule has 1 aromatic rings. The van der Waals surface area contributed by atoms with Gasteiger partial charge in [0.1, 0.15) is 0 Å². The van der Waals surface area contributed by atoms with Crippen LogP contribution in [0.5, 0.6) is 0 Å². The molecule has 0 spiro atoms. The Hall–Kier alpha value is -1.78. The van der Waals surface area contributed by atoms with E-state index in [9.17, 15) is 9.59 Å². The second-order valence-corrected chi connectivity index (χ2v) is 4.49. The average Bonchev–Trinajstić information content (AvgIpc) is 2.91. The molecular formula is C13H19N3O2. The van der Waals surface area contributed by atoms with E-state index in [0.717, 1.165) is 5.69 Å². The Morgan fingerprint density at radius 2 is 1.78 bits per heavy atom. The van der Waals surface area contributed by atoms with E-state index >= 15 is 0 Å². The maximum absolute atomic E-state index is 12.0. The first kappa shape index (κ1) is 12.7. The van der Waals surface area contributed by atoms with Crippen molar-refractivity contribution in [1.29, 1.82) is 0 Å². The molecule has 0 unspecified atom stereocenters. The molecule has 1 aliphatic heterocycles. The summed E-state index contributed by atoms with van der Waals surface area (Å²) in [7, 11) is 0. The monoisotopic (exact) mass is 249 g/mol. The van der Waals surface area contributed by atoms with E-state index in [1.165, 1.54) is 0 Å². The second-order valence-electron chi connectivity index (χ2n) is 4.49. The summed E-state index contributed by atoms with van der Waals surface area (Å²) in [5.74, 6) is 0.299. The Bertz CT molecular complexity index is 406. The minimum atomic E-state index is 0.126. The van der Waals surface area contributed by atoms with Crippen LogP contribution in [0.1, 0.15) is 19.0 Å². The normalized spacial score (nSPS) is 15.8. The Labute approximate surface area is 107 Å². The van der Waals surface area contributed by atoms with Crippen molar-refractivity contribution in [3.8, 4) is 0 Å². The van der Waals surface area contributed by atoms with Gasteiger partial charge in [-0.25, -0.2) is 0 Å². The summed E-state index contributed by atoms with van der Waals surface area (Å²) in [6.45, 7) is 4.47. The van der Waals surface area contributed by atoms with Gasteiger partial charge in [0.05, 0.1) is 6.42 Å². The van der Waals surface area contributed by atoms with Crippen LogP contribution < -0.4 is 0 Å². The van der Waals surface area contributed by atoms with Crippen LogP contribution in [-0.2, 0) is 16.0 Å². The molecule has 0 atom stereocenters. The van der Waals surface area contributed by atoms with Crippen molar-refractivity contribution >= 4 is 11.8 Å². The molecule has 2 amide bonds. The fourth-order valence-corrected chi connectivity index (χ4v) is 2.18. The topological polar surface area (TPSA) is 56.4 Å². The van der Waals surface area contributed by atoms with Crippen LogP contribution in [0.15, 0.2) is 18.3 Å². The highest BCUT2D eigenvalue weighted by Gasteiger charge is 2.23. The van der Waals surface area contributed by atoms with E-state index < -0.39 is 0 Å². The molecule has 0 saturated carbocycles. The van der Waals surface area contributed by atoms with Crippen molar-refractivity contribution in [2.75, 3.05) is 26.2 Å². The number of aromatic nitrogens is 1. The number of nitrogens with one attached hydrogen (secondary N) is 1. The standard InChI is InChI=1S/C13H19N3O2/c1-2-12(17)15-6-8-16(9-7-15)13(18)10-11-4-3-5-14-11/h3-5,14H,2,6-10H2,1H3. The SMILES string of the molecule is CCC(=O)N1CCN(C(=O)Cc2ccc[nH]2)CC1. The summed E-state index contributed by atoms with van der Waals surface area (Å²) in [5, 5.41) is 0. The van der Waals surface area contributed by atoms with Gasteiger partial charge in [0.25, 0.3) is 0 Å². The molecule has 1 N–H and O–H groups in total. The molecule has 5 heteroatoms. The first-order valence-corrected chi connectivity index (χ1v) is 6.38. The van der Waals surface area contributed by atoms with Crippen LogP contribution in [0.2, 0.25) is 0 Å². The third-order valence-corrected chi connectivity index (χ3v) is 3.29. The molecule has 1 saturated heterocycles. The van der Waals surface area contributed by atoms with Crippen molar-refractivity contribution in [3.63, 3.8) is 0 Å². The van der Waals surface area contributed by atoms with Gasteiger partial charge in [-0.05, 0) is 12.1 Å². The molecule has 98 valence electrons. The van der Waals surface area contributed by atoms with Crippen LogP contribution in [0.4, 0.5) is 0 Å². The first-order chi connectivity index (χ1) is 8.70. The van der Waals surface area contributed by atoms with Gasteiger partial charge in [0.2, 0.25) is 11.8 Å². The number of rotatable bonds is 3. The lowest BCUT2D eigenvalue weighted by atomic mass is 10.2. The molecule has 1 aliphatic rings. The molecule has 0 bridgehead atoms. The van der Waals surface area contributed by atoms with Crippen LogP contribution in [0.3, 0.4) is 0 Å². The summed E-state index contributed by atoms with van der Waals surface area (Å²) >= 11 is 0. The van der Waals surface area contributed by atoms with Gasteiger partial charge in [-0.3, -0.25) is 9.59 Å². The van der Waals surface area contributed by atoms with Gasteiger partial charge in [-0.1, -0.05) is 6.92 Å². The van der Waals surface area contributed by atoms with E-state index in [1.807, 2.05) is 35.1 Å². The molecular weight excluding hydrogens is 230 g/mol. The first-order valence-electron chi connectivity index (χ1n) is 6.38. The van der Waals surface area contributed by atoms with Crippen LogP contribution >= 0.6 is 0 Å². The number of hydrogen-bond acceptors (Lipinski definition) is 2. The smallest absolute Gasteiger partial charge is 0.228 e. The number of nitrogens with zero attached hydrogens (tertiary/aromatic N) is 2. The van der Waals surface area contributed by atoms with Crippen LogP contribution in [0.25, 0.3) is 0 Å². The van der Waals surface area contributed by atoms with Crippen molar-refractivity contribution in [1.82, 2.24) is 14.8 Å². The molecule has 0 aliphatic carbocycles. The number of piperazine rings is 1. The fraction of sp³-hybridized carbons (Fsp3) is 0.538. The highest BCUT2D eigenvalue weighted by molar-refractivity contribution is 5.79. The van der Waals surface area contributed by atoms with E-state index in [-0.39, 0.29) is 11.8 Å². The van der Waals surface area contributed by atoms with Crippen molar-refractivity contribution in [2.24, 2.45) is 0 Å². The van der Waals surface area contributed by atoms with Gasteiger partial charge in [0, 0.05) is 44.5 Å². The Morgan fingerprint density at radius 3 is 2.28 bits per heavy atom. The zero-order chi connectivity index (χ0) is 13.0. The Morgan fingerprint density at radius 1 is 1.17 bits per heavy atom. The largest absolute Gasteiger partial charge is 0.365 e. The number of carbonyl (C=O) groups is 2. The molecule has 1 fully saturated rings. The lowest BCUT2D eigenvalue weighted by molar-refractivity contribution is -0.139. The third-order valence-electron chi connectivity index (χ3n) is 3.29. The van der Waals surface area contributed by atoms with Gasteiger partial charge in [0.15, 0.2) is 0 Å². The Balaban J connectivity index is 1.82. The van der Waals surface area contributed by atoms with E-state index in [0.29, 0.717) is 39.0 Å².